The monoisotopic (exact) mass is 646 g/mol. The first-order chi connectivity index (χ1) is 22.1. The third-order valence-electron chi connectivity index (χ3n) is 9.51. The molecule has 0 bridgehead atoms. The highest BCUT2D eigenvalue weighted by molar-refractivity contribution is 6.33. The van der Waals surface area contributed by atoms with Gasteiger partial charge in [0.15, 0.2) is 5.60 Å². The molecule has 5 rings (SSSR count). The van der Waals surface area contributed by atoms with E-state index in [2.05, 4.69) is 10.5 Å². The summed E-state index contributed by atoms with van der Waals surface area (Å²) < 4.78 is 5.22. The fourth-order valence-electron chi connectivity index (χ4n) is 7.19. The second kappa shape index (κ2) is 12.1. The number of primary amides is 1. The predicted octanol–water partition coefficient (Wildman–Crippen LogP) is 2.37. The average molecular weight is 647 g/mol. The fourth-order valence-corrected chi connectivity index (χ4v) is 7.19. The third kappa shape index (κ3) is 5.33. The van der Waals surface area contributed by atoms with Crippen molar-refractivity contribution < 1.29 is 39.2 Å². The van der Waals surface area contributed by atoms with Crippen LogP contribution in [0.3, 0.4) is 0 Å². The van der Waals surface area contributed by atoms with Gasteiger partial charge in [0, 0.05) is 18.9 Å². The van der Waals surface area contributed by atoms with Crippen molar-refractivity contribution in [3.63, 3.8) is 0 Å². The van der Waals surface area contributed by atoms with E-state index in [1.807, 2.05) is 39.0 Å². The van der Waals surface area contributed by atoms with E-state index in [0.717, 1.165) is 16.7 Å². The molecule has 0 radical (unpaired) electrons. The van der Waals surface area contributed by atoms with Gasteiger partial charge in [-0.1, -0.05) is 32.0 Å². The number of rotatable bonds is 9. The molecule has 0 aliphatic heterocycles. The van der Waals surface area contributed by atoms with Crippen molar-refractivity contribution in [2.45, 2.75) is 70.7 Å². The molecular formula is C34H38N4O9. The highest BCUT2D eigenvalue weighted by Crippen LogP contribution is 2.53. The first-order valence-electron chi connectivity index (χ1n) is 15.4. The number of aryl methyl sites for hydroxylation is 1. The Morgan fingerprint density at radius 2 is 1.83 bits per heavy atom. The molecule has 2 unspecified atom stereocenters. The van der Waals surface area contributed by atoms with Crippen LogP contribution in [-0.4, -0.2) is 62.6 Å². The number of hydrogen-bond acceptors (Lipinski definition) is 12. The van der Waals surface area contributed by atoms with Gasteiger partial charge in [-0.05, 0) is 77.7 Å². The average Bonchev–Trinajstić information content (AvgIpc) is 2.99. The number of ether oxygens (including phenoxy) is 1. The quantitative estimate of drug-likeness (QED) is 0.100. The van der Waals surface area contributed by atoms with Crippen LogP contribution in [0.1, 0.15) is 55.9 Å². The van der Waals surface area contributed by atoms with Crippen LogP contribution in [0.15, 0.2) is 52.4 Å². The van der Waals surface area contributed by atoms with Crippen molar-refractivity contribution >= 4 is 29.2 Å². The summed E-state index contributed by atoms with van der Waals surface area (Å²) in [6, 6.07) is 8.23. The summed E-state index contributed by atoms with van der Waals surface area (Å²) in [4.78, 5) is 63.4. The van der Waals surface area contributed by atoms with Crippen LogP contribution < -0.4 is 16.8 Å². The Morgan fingerprint density at radius 3 is 2.45 bits per heavy atom. The van der Waals surface area contributed by atoms with Crippen LogP contribution in [0.5, 0.6) is 5.75 Å². The summed E-state index contributed by atoms with van der Waals surface area (Å²) in [5.74, 6) is -6.62. The molecule has 0 heterocycles. The Kier molecular flexibility index (Phi) is 8.69. The summed E-state index contributed by atoms with van der Waals surface area (Å²) in [6.07, 6.45) is -0.748. The number of aliphatic hydroxyl groups excluding tert-OH is 1. The van der Waals surface area contributed by atoms with E-state index in [1.54, 1.807) is 13.0 Å². The molecule has 1 amide bonds. The molecule has 2 aromatic rings. The van der Waals surface area contributed by atoms with Crippen LogP contribution in [0, 0.1) is 23.7 Å². The molecule has 0 aromatic heterocycles. The second-order valence-corrected chi connectivity index (χ2v) is 12.9. The van der Waals surface area contributed by atoms with Gasteiger partial charge in [-0.2, -0.15) is 0 Å². The molecule has 13 nitrogen and oxygen atoms in total. The molecule has 1 fully saturated rings. The fraction of sp³-hybridized carbons (Fsp3) is 0.412. The number of fused-ring (bicyclic) bond motifs is 3. The number of phenols is 1. The van der Waals surface area contributed by atoms with E-state index in [9.17, 15) is 39.4 Å². The molecule has 0 spiro atoms. The van der Waals surface area contributed by atoms with Gasteiger partial charge in [0.25, 0.3) is 5.91 Å². The van der Waals surface area contributed by atoms with Gasteiger partial charge in [-0.15, -0.1) is 4.91 Å². The lowest BCUT2D eigenvalue weighted by Crippen LogP contribution is -2.67. The summed E-state index contributed by atoms with van der Waals surface area (Å²) in [6.45, 7) is 8.06. The molecule has 4 atom stereocenters. The van der Waals surface area contributed by atoms with E-state index in [1.165, 1.54) is 6.07 Å². The third-order valence-corrected chi connectivity index (χ3v) is 9.51. The number of ketones is 2. The zero-order chi connectivity index (χ0) is 34.6. The lowest BCUT2D eigenvalue weighted by Gasteiger charge is -2.50. The normalized spacial score (nSPS) is 24.4. The van der Waals surface area contributed by atoms with Gasteiger partial charge >= 0.3 is 5.97 Å². The van der Waals surface area contributed by atoms with Gasteiger partial charge in [-0.3, -0.25) is 19.2 Å². The SMILES string of the molecule is CCOC(=O)C(NCc1ccc(C)c(-c2ccc(O)c3c2C[C@@]2(N)CC4CC(N=O)=C(C(N)=O)C(=O)[C@@]4(O)C(=O)C2=C3O)c1)C(C)C. The molecule has 0 saturated heterocycles. The van der Waals surface area contributed by atoms with Crippen molar-refractivity contribution in [3.8, 4) is 16.9 Å². The molecule has 8 N–H and O–H groups in total. The zero-order valence-electron chi connectivity index (χ0n) is 26.5. The van der Waals surface area contributed by atoms with E-state index in [0.29, 0.717) is 17.7 Å². The number of nitrogens with two attached hydrogens (primary N) is 2. The predicted molar refractivity (Wildman–Crippen MR) is 170 cm³/mol. The van der Waals surface area contributed by atoms with Gasteiger partial charge in [0.05, 0.1) is 23.3 Å². The highest BCUT2D eigenvalue weighted by atomic mass is 16.5. The van der Waals surface area contributed by atoms with E-state index >= 15 is 0 Å². The summed E-state index contributed by atoms with van der Waals surface area (Å²) in [7, 11) is 0. The number of hydrogen-bond donors (Lipinski definition) is 6. The number of nitrogens with one attached hydrogen (secondary N) is 1. The van der Waals surface area contributed by atoms with Gasteiger partial charge in [0.2, 0.25) is 11.6 Å². The minimum atomic E-state index is -2.83. The minimum Gasteiger partial charge on any atom is -0.507 e. The number of esters is 1. The van der Waals surface area contributed by atoms with Gasteiger partial charge < -0.3 is 36.8 Å². The lowest BCUT2D eigenvalue weighted by molar-refractivity contribution is -0.158. The standard InChI is InChI=1S/C34H38N4O9/c1-5-47-32(44)27(15(2)3)37-14-17-7-6-16(4)20(10-17)19-8-9-23(39)24-21(19)13-33(36)12-18-11-22(38-46)25(31(35)43)29(41)34(18,45)30(42)26(33)28(24)40/h6-10,15,18,27,37,39-40,45H,5,11-14,36H2,1-4H3,(H2,35,43)/t18?,27?,33-,34+/m0/s1. The maximum atomic E-state index is 14.0. The van der Waals surface area contributed by atoms with Crippen LogP contribution in [-0.2, 0) is 36.9 Å². The number of nitroso groups, excluding NO2 is 1. The Morgan fingerprint density at radius 1 is 1.13 bits per heavy atom. The number of aliphatic hydroxyl groups is 2. The number of aromatic hydroxyl groups is 1. The largest absolute Gasteiger partial charge is 0.507 e. The Balaban J connectivity index is 1.59. The number of Topliss-reactive ketones (excluding diaryl/α,β-unsaturated/α-hetero) is 2. The van der Waals surface area contributed by atoms with Crippen LogP contribution in [0.4, 0.5) is 0 Å². The van der Waals surface area contributed by atoms with E-state index < -0.39 is 69.6 Å². The molecular weight excluding hydrogens is 608 g/mol. The molecule has 2 aromatic carbocycles. The maximum absolute atomic E-state index is 14.0. The molecule has 3 aliphatic rings. The van der Waals surface area contributed by atoms with Crippen molar-refractivity contribution in [1.29, 1.82) is 0 Å². The van der Waals surface area contributed by atoms with Crippen molar-refractivity contribution in [3.05, 3.63) is 74.3 Å². The molecule has 47 heavy (non-hydrogen) atoms. The Labute approximate surface area is 270 Å². The van der Waals surface area contributed by atoms with Gasteiger partial charge in [0.1, 0.15) is 28.8 Å². The number of carbonyl (C=O) groups excluding carboxylic acids is 4. The lowest BCUT2D eigenvalue weighted by atomic mass is 9.55. The second-order valence-electron chi connectivity index (χ2n) is 12.9. The van der Waals surface area contributed by atoms with Crippen LogP contribution >= 0.6 is 0 Å². The summed E-state index contributed by atoms with van der Waals surface area (Å²) in [5, 5.41) is 40.2. The molecule has 13 heteroatoms. The Hall–Kier alpha value is -4.72. The van der Waals surface area contributed by atoms with E-state index in [-0.39, 0.29) is 42.6 Å². The molecule has 248 valence electrons. The minimum absolute atomic E-state index is 0.0284. The smallest absolute Gasteiger partial charge is 0.323 e. The van der Waals surface area contributed by atoms with Crippen molar-refractivity contribution in [1.82, 2.24) is 5.32 Å². The van der Waals surface area contributed by atoms with Crippen molar-refractivity contribution in [2.75, 3.05) is 6.61 Å². The number of amides is 1. The zero-order valence-corrected chi connectivity index (χ0v) is 26.5. The number of nitrogens with zero attached hydrogens (tertiary/aromatic N) is 1. The van der Waals surface area contributed by atoms with E-state index in [4.69, 9.17) is 16.2 Å². The number of carbonyl (C=O) groups is 4. The summed E-state index contributed by atoms with van der Waals surface area (Å²) in [5.41, 5.74) is 9.27. The molecule has 1 saturated carbocycles. The maximum Gasteiger partial charge on any atom is 0.323 e. The molecule has 3 aliphatic carbocycles. The van der Waals surface area contributed by atoms with Gasteiger partial charge in [-0.25, -0.2) is 0 Å². The number of phenolic OH excluding ortho intramolecular Hbond substituents is 1. The summed E-state index contributed by atoms with van der Waals surface area (Å²) >= 11 is 0. The number of allylic oxidation sites excluding steroid dienone is 1. The highest BCUT2D eigenvalue weighted by Gasteiger charge is 2.65. The topological polar surface area (TPSA) is 232 Å². The van der Waals surface area contributed by atoms with Crippen LogP contribution in [0.2, 0.25) is 0 Å². The van der Waals surface area contributed by atoms with Crippen molar-refractivity contribution in [2.24, 2.45) is 28.5 Å². The Bertz CT molecular complexity index is 1800. The number of benzene rings is 2. The first-order valence-corrected chi connectivity index (χ1v) is 15.4. The first kappa shape index (κ1) is 33.6. The van der Waals surface area contributed by atoms with Crippen LogP contribution in [0.25, 0.3) is 16.9 Å².